The quantitative estimate of drug-likeness (QED) is 0.897. The SMILES string of the molecule is COc1ccc(CNC(=O)[C@H]2CCCN(C)C2)cc1. The third kappa shape index (κ3) is 3.96. The molecule has 0 radical (unpaired) electrons. The first-order valence-electron chi connectivity index (χ1n) is 6.78. The van der Waals surface area contributed by atoms with Crippen LogP contribution in [0.15, 0.2) is 24.3 Å². The molecule has 0 aliphatic carbocycles. The van der Waals surface area contributed by atoms with Crippen molar-refractivity contribution in [3.63, 3.8) is 0 Å². The Labute approximate surface area is 114 Å². The monoisotopic (exact) mass is 262 g/mol. The van der Waals surface area contributed by atoms with Crippen molar-refractivity contribution < 1.29 is 9.53 Å². The number of nitrogens with zero attached hydrogens (tertiary/aromatic N) is 1. The van der Waals surface area contributed by atoms with Crippen LogP contribution in [0.4, 0.5) is 0 Å². The van der Waals surface area contributed by atoms with Crippen LogP contribution >= 0.6 is 0 Å². The van der Waals surface area contributed by atoms with Gasteiger partial charge in [-0.1, -0.05) is 12.1 Å². The van der Waals surface area contributed by atoms with Crippen LogP contribution in [0.1, 0.15) is 18.4 Å². The molecule has 1 amide bonds. The van der Waals surface area contributed by atoms with Crippen molar-refractivity contribution in [2.24, 2.45) is 5.92 Å². The van der Waals surface area contributed by atoms with E-state index in [9.17, 15) is 4.79 Å². The predicted octanol–water partition coefficient (Wildman–Crippen LogP) is 1.65. The summed E-state index contributed by atoms with van der Waals surface area (Å²) < 4.78 is 5.11. The summed E-state index contributed by atoms with van der Waals surface area (Å²) in [5.41, 5.74) is 1.10. The number of nitrogens with one attached hydrogen (secondary N) is 1. The number of hydrogen-bond acceptors (Lipinski definition) is 3. The molecule has 2 rings (SSSR count). The van der Waals surface area contributed by atoms with Crippen LogP contribution in [-0.4, -0.2) is 38.1 Å². The number of piperidine rings is 1. The lowest BCUT2D eigenvalue weighted by Gasteiger charge is -2.28. The molecule has 1 fully saturated rings. The van der Waals surface area contributed by atoms with Crippen molar-refractivity contribution in [3.05, 3.63) is 29.8 Å². The Bertz CT molecular complexity index is 417. The number of hydrogen-bond donors (Lipinski definition) is 1. The van der Waals surface area contributed by atoms with Gasteiger partial charge in [0.15, 0.2) is 0 Å². The molecule has 1 saturated heterocycles. The number of likely N-dealkylation sites (tertiary alicyclic amines) is 1. The van der Waals surface area contributed by atoms with Gasteiger partial charge in [0.25, 0.3) is 0 Å². The summed E-state index contributed by atoms with van der Waals surface area (Å²) in [6, 6.07) is 7.78. The minimum absolute atomic E-state index is 0.136. The minimum atomic E-state index is 0.136. The molecule has 19 heavy (non-hydrogen) atoms. The molecular formula is C15H22N2O2. The number of ether oxygens (including phenoxy) is 1. The largest absolute Gasteiger partial charge is 0.497 e. The first-order chi connectivity index (χ1) is 9.19. The van der Waals surface area contributed by atoms with Crippen molar-refractivity contribution in [2.45, 2.75) is 19.4 Å². The van der Waals surface area contributed by atoms with Gasteiger partial charge in [0.2, 0.25) is 5.91 Å². The van der Waals surface area contributed by atoms with E-state index in [1.807, 2.05) is 24.3 Å². The standard InChI is InChI=1S/C15H22N2O2/c1-17-9-3-4-13(11-17)15(18)16-10-12-5-7-14(19-2)8-6-12/h5-8,13H,3-4,9-11H2,1-2H3,(H,16,18)/t13-/m0/s1. The van der Waals surface area contributed by atoms with E-state index in [2.05, 4.69) is 17.3 Å². The Balaban J connectivity index is 1.82. The molecule has 4 nitrogen and oxygen atoms in total. The molecule has 0 bridgehead atoms. The molecule has 1 atom stereocenters. The van der Waals surface area contributed by atoms with Gasteiger partial charge in [0.1, 0.15) is 5.75 Å². The molecule has 1 N–H and O–H groups in total. The lowest BCUT2D eigenvalue weighted by atomic mass is 9.97. The van der Waals surface area contributed by atoms with Gasteiger partial charge >= 0.3 is 0 Å². The van der Waals surface area contributed by atoms with E-state index < -0.39 is 0 Å². The third-order valence-electron chi connectivity index (χ3n) is 3.62. The Morgan fingerprint density at radius 1 is 1.42 bits per heavy atom. The van der Waals surface area contributed by atoms with Crippen molar-refractivity contribution in [1.29, 1.82) is 0 Å². The number of amides is 1. The van der Waals surface area contributed by atoms with Crippen LogP contribution < -0.4 is 10.1 Å². The first kappa shape index (κ1) is 13.9. The number of carbonyl (C=O) groups excluding carboxylic acids is 1. The van der Waals surface area contributed by atoms with Crippen LogP contribution in [-0.2, 0) is 11.3 Å². The fraction of sp³-hybridized carbons (Fsp3) is 0.533. The fourth-order valence-electron chi connectivity index (χ4n) is 2.46. The highest BCUT2D eigenvalue weighted by atomic mass is 16.5. The van der Waals surface area contributed by atoms with Gasteiger partial charge in [-0.2, -0.15) is 0 Å². The Morgan fingerprint density at radius 2 is 2.16 bits per heavy atom. The summed E-state index contributed by atoms with van der Waals surface area (Å²) in [5, 5.41) is 3.02. The zero-order chi connectivity index (χ0) is 13.7. The molecular weight excluding hydrogens is 240 g/mol. The topological polar surface area (TPSA) is 41.6 Å². The average Bonchev–Trinajstić information content (AvgIpc) is 2.45. The van der Waals surface area contributed by atoms with Gasteiger partial charge in [-0.15, -0.1) is 0 Å². The van der Waals surface area contributed by atoms with E-state index >= 15 is 0 Å². The lowest BCUT2D eigenvalue weighted by molar-refractivity contribution is -0.126. The second-order valence-electron chi connectivity index (χ2n) is 5.17. The van der Waals surface area contributed by atoms with E-state index in [1.54, 1.807) is 7.11 Å². The number of methoxy groups -OCH3 is 1. The Kier molecular flexibility index (Phi) is 4.80. The highest BCUT2D eigenvalue weighted by Gasteiger charge is 2.23. The minimum Gasteiger partial charge on any atom is -0.497 e. The van der Waals surface area contributed by atoms with Gasteiger partial charge in [-0.25, -0.2) is 0 Å². The summed E-state index contributed by atoms with van der Waals surface area (Å²) in [6.07, 6.45) is 2.11. The van der Waals surface area contributed by atoms with Gasteiger partial charge in [-0.3, -0.25) is 4.79 Å². The molecule has 4 heteroatoms. The lowest BCUT2D eigenvalue weighted by Crippen LogP contribution is -2.41. The van der Waals surface area contributed by atoms with Crippen LogP contribution in [0, 0.1) is 5.92 Å². The second kappa shape index (κ2) is 6.57. The highest BCUT2D eigenvalue weighted by molar-refractivity contribution is 5.78. The summed E-state index contributed by atoms with van der Waals surface area (Å²) in [7, 11) is 3.72. The maximum atomic E-state index is 12.1. The number of carbonyl (C=O) groups is 1. The van der Waals surface area contributed by atoms with E-state index in [1.165, 1.54) is 0 Å². The average molecular weight is 262 g/mol. The van der Waals surface area contributed by atoms with Crippen molar-refractivity contribution in [2.75, 3.05) is 27.2 Å². The molecule has 1 aromatic carbocycles. The van der Waals surface area contributed by atoms with Gasteiger partial charge in [0.05, 0.1) is 13.0 Å². The molecule has 1 aromatic rings. The van der Waals surface area contributed by atoms with E-state index in [0.717, 1.165) is 37.2 Å². The van der Waals surface area contributed by atoms with Gasteiger partial charge in [0, 0.05) is 13.1 Å². The van der Waals surface area contributed by atoms with Gasteiger partial charge in [-0.05, 0) is 44.1 Å². The zero-order valence-electron chi connectivity index (χ0n) is 11.7. The van der Waals surface area contributed by atoms with E-state index in [0.29, 0.717) is 6.54 Å². The van der Waals surface area contributed by atoms with Crippen molar-refractivity contribution in [3.8, 4) is 5.75 Å². The molecule has 0 spiro atoms. The van der Waals surface area contributed by atoms with Gasteiger partial charge < -0.3 is 15.0 Å². The van der Waals surface area contributed by atoms with E-state index in [4.69, 9.17) is 4.74 Å². The van der Waals surface area contributed by atoms with Crippen molar-refractivity contribution in [1.82, 2.24) is 10.2 Å². The summed E-state index contributed by atoms with van der Waals surface area (Å²) >= 11 is 0. The molecule has 1 aliphatic heterocycles. The first-order valence-corrected chi connectivity index (χ1v) is 6.78. The normalized spacial score (nSPS) is 20.0. The Morgan fingerprint density at radius 3 is 2.79 bits per heavy atom. The number of rotatable bonds is 4. The predicted molar refractivity (Wildman–Crippen MR) is 75.1 cm³/mol. The summed E-state index contributed by atoms with van der Waals surface area (Å²) in [4.78, 5) is 14.3. The van der Waals surface area contributed by atoms with Crippen LogP contribution in [0.3, 0.4) is 0 Å². The van der Waals surface area contributed by atoms with Crippen molar-refractivity contribution >= 4 is 5.91 Å². The maximum absolute atomic E-state index is 12.1. The third-order valence-corrected chi connectivity index (χ3v) is 3.62. The molecule has 1 heterocycles. The Hall–Kier alpha value is -1.55. The highest BCUT2D eigenvalue weighted by Crippen LogP contribution is 2.15. The van der Waals surface area contributed by atoms with Crippen LogP contribution in [0.2, 0.25) is 0 Å². The smallest absolute Gasteiger partial charge is 0.224 e. The number of benzene rings is 1. The van der Waals surface area contributed by atoms with E-state index in [-0.39, 0.29) is 11.8 Å². The molecule has 0 aromatic heterocycles. The van der Waals surface area contributed by atoms with Crippen LogP contribution in [0.5, 0.6) is 5.75 Å². The fourth-order valence-corrected chi connectivity index (χ4v) is 2.46. The van der Waals surface area contributed by atoms with Crippen LogP contribution in [0.25, 0.3) is 0 Å². The molecule has 0 saturated carbocycles. The molecule has 104 valence electrons. The maximum Gasteiger partial charge on any atom is 0.224 e. The molecule has 1 aliphatic rings. The zero-order valence-corrected chi connectivity index (χ0v) is 11.7. The summed E-state index contributed by atoms with van der Waals surface area (Å²) in [5.74, 6) is 1.14. The second-order valence-corrected chi connectivity index (χ2v) is 5.17. The summed E-state index contributed by atoms with van der Waals surface area (Å²) in [6.45, 7) is 2.56. The molecule has 0 unspecified atom stereocenters.